The van der Waals surface area contributed by atoms with Gasteiger partial charge in [0.15, 0.2) is 5.78 Å². The van der Waals surface area contributed by atoms with Crippen LogP contribution < -0.4 is 4.90 Å². The van der Waals surface area contributed by atoms with Crippen LogP contribution in [0.15, 0.2) is 110 Å². The average Bonchev–Trinajstić information content (AvgIpc) is 3.66. The van der Waals surface area contributed by atoms with Crippen LogP contribution in [0.1, 0.15) is 59.4 Å². The fourth-order valence-electron chi connectivity index (χ4n) is 6.80. The lowest BCUT2D eigenvalue weighted by Gasteiger charge is -2.33. The van der Waals surface area contributed by atoms with Crippen LogP contribution in [0.4, 0.5) is 5.69 Å². The summed E-state index contributed by atoms with van der Waals surface area (Å²) in [7, 11) is 0. The van der Waals surface area contributed by atoms with Crippen molar-refractivity contribution in [3.8, 4) is 0 Å². The Morgan fingerprint density at radius 1 is 1.03 bits per heavy atom. The van der Waals surface area contributed by atoms with Gasteiger partial charge >= 0.3 is 0 Å². The zero-order valence-corrected chi connectivity index (χ0v) is 22.4. The molecule has 196 valence electrons. The Kier molecular flexibility index (Phi) is 6.30. The monoisotopic (exact) mass is 515 g/mol. The summed E-state index contributed by atoms with van der Waals surface area (Å²) in [6, 6.07) is 28.5. The molecule has 2 heterocycles. The second-order valence-electron chi connectivity index (χ2n) is 11.0. The van der Waals surface area contributed by atoms with E-state index in [2.05, 4.69) is 43.6 Å². The molecule has 1 spiro atoms. The molecule has 1 saturated carbocycles. The second-order valence-corrected chi connectivity index (χ2v) is 11.0. The van der Waals surface area contributed by atoms with Gasteiger partial charge in [-0.25, -0.2) is 4.98 Å². The molecule has 4 aromatic rings. The van der Waals surface area contributed by atoms with Gasteiger partial charge in [-0.1, -0.05) is 84.9 Å². The molecule has 1 fully saturated rings. The van der Waals surface area contributed by atoms with E-state index in [1.54, 1.807) is 6.33 Å². The van der Waals surface area contributed by atoms with Crippen molar-refractivity contribution in [1.82, 2.24) is 9.55 Å². The number of hydrogen-bond acceptors (Lipinski definition) is 3. The van der Waals surface area contributed by atoms with Crippen molar-refractivity contribution in [2.45, 2.75) is 44.2 Å². The number of carbonyl (C=O) groups is 2. The molecule has 2 aliphatic rings. The summed E-state index contributed by atoms with van der Waals surface area (Å²) in [4.78, 5) is 35.5. The van der Waals surface area contributed by atoms with E-state index >= 15 is 0 Å². The average molecular weight is 516 g/mol. The van der Waals surface area contributed by atoms with Gasteiger partial charge in [0.25, 0.3) is 0 Å². The minimum atomic E-state index is -0.882. The van der Waals surface area contributed by atoms with Crippen LogP contribution in [0, 0.1) is 11.8 Å². The van der Waals surface area contributed by atoms with Gasteiger partial charge in [0.1, 0.15) is 5.69 Å². The minimum absolute atomic E-state index is 0.0307. The molecule has 3 aromatic carbocycles. The van der Waals surface area contributed by atoms with Crippen molar-refractivity contribution < 1.29 is 9.59 Å². The number of nitrogens with zero attached hydrogens (tertiary/aromatic N) is 3. The van der Waals surface area contributed by atoms with Crippen LogP contribution in [0.5, 0.6) is 0 Å². The number of carbonyl (C=O) groups excluding carboxylic acids is 2. The molecule has 1 aliphatic heterocycles. The van der Waals surface area contributed by atoms with Crippen molar-refractivity contribution in [2.24, 2.45) is 11.8 Å². The lowest BCUT2D eigenvalue weighted by atomic mass is 9.67. The van der Waals surface area contributed by atoms with Crippen LogP contribution in [0.25, 0.3) is 0 Å². The Morgan fingerprint density at radius 2 is 1.69 bits per heavy atom. The van der Waals surface area contributed by atoms with Crippen molar-refractivity contribution in [3.05, 3.63) is 132 Å². The first kappa shape index (κ1) is 25.1. The van der Waals surface area contributed by atoms with E-state index in [1.165, 1.54) is 0 Å². The number of fused-ring (bicyclic) bond motifs is 2. The third-order valence-corrected chi connectivity index (χ3v) is 8.61. The molecule has 39 heavy (non-hydrogen) atoms. The highest BCUT2D eigenvalue weighted by atomic mass is 16.2. The summed E-state index contributed by atoms with van der Waals surface area (Å²) in [5.74, 6) is -0.976. The quantitative estimate of drug-likeness (QED) is 0.202. The summed E-state index contributed by atoms with van der Waals surface area (Å²) in [6.45, 7) is 8.76. The SMILES string of the molecule is C=C[C@@H]1C[C@]2(C(=O)N(Cc3ccccc3)c3ccccc32)[C@@H](c2ccccc2)[C@@H]1C(=O)c1cn(C(C)C)cn1. The topological polar surface area (TPSA) is 55.2 Å². The third-order valence-electron chi connectivity index (χ3n) is 8.61. The maximum Gasteiger partial charge on any atom is 0.238 e. The number of rotatable bonds is 7. The van der Waals surface area contributed by atoms with Crippen LogP contribution in [0.2, 0.25) is 0 Å². The Labute approximate surface area is 229 Å². The molecule has 0 N–H and O–H groups in total. The largest absolute Gasteiger partial charge is 0.334 e. The molecule has 6 rings (SSSR count). The van der Waals surface area contributed by atoms with E-state index < -0.39 is 11.3 Å². The van der Waals surface area contributed by atoms with Gasteiger partial charge in [-0.3, -0.25) is 9.59 Å². The number of imidazole rings is 1. The fraction of sp³-hybridized carbons (Fsp3) is 0.265. The van der Waals surface area contributed by atoms with Crippen LogP contribution in [-0.4, -0.2) is 21.2 Å². The first-order valence-corrected chi connectivity index (χ1v) is 13.7. The number of anilines is 1. The lowest BCUT2D eigenvalue weighted by molar-refractivity contribution is -0.123. The maximum atomic E-state index is 14.8. The number of ketones is 1. The Hall–Kier alpha value is -4.25. The highest BCUT2D eigenvalue weighted by Gasteiger charge is 2.64. The number of aromatic nitrogens is 2. The number of hydrogen-bond donors (Lipinski definition) is 0. The minimum Gasteiger partial charge on any atom is -0.334 e. The Bertz CT molecular complexity index is 1520. The first-order chi connectivity index (χ1) is 19.0. The lowest BCUT2D eigenvalue weighted by Crippen LogP contribution is -2.43. The maximum absolute atomic E-state index is 14.8. The molecular formula is C34H33N3O2. The third kappa shape index (κ3) is 3.95. The predicted molar refractivity (Wildman–Crippen MR) is 154 cm³/mol. The van der Waals surface area contributed by atoms with Gasteiger partial charge in [0.2, 0.25) is 5.91 Å². The van der Waals surface area contributed by atoms with Crippen molar-refractivity contribution in [1.29, 1.82) is 0 Å². The number of para-hydroxylation sites is 1. The van der Waals surface area contributed by atoms with Gasteiger partial charge in [-0.2, -0.15) is 0 Å². The molecule has 5 nitrogen and oxygen atoms in total. The zero-order valence-electron chi connectivity index (χ0n) is 22.4. The van der Waals surface area contributed by atoms with E-state index in [0.717, 1.165) is 22.4 Å². The zero-order chi connectivity index (χ0) is 27.1. The van der Waals surface area contributed by atoms with Crippen LogP contribution >= 0.6 is 0 Å². The van der Waals surface area contributed by atoms with Gasteiger partial charge in [0, 0.05) is 29.8 Å². The van der Waals surface area contributed by atoms with Gasteiger partial charge in [-0.05, 0) is 48.9 Å². The number of amides is 1. The predicted octanol–water partition coefficient (Wildman–Crippen LogP) is 6.74. The fourth-order valence-corrected chi connectivity index (χ4v) is 6.80. The molecule has 5 heteroatoms. The molecule has 1 aliphatic carbocycles. The molecule has 0 unspecified atom stereocenters. The first-order valence-electron chi connectivity index (χ1n) is 13.7. The summed E-state index contributed by atoms with van der Waals surface area (Å²) in [5, 5.41) is 0. The van der Waals surface area contributed by atoms with Gasteiger partial charge < -0.3 is 9.47 Å². The Morgan fingerprint density at radius 3 is 2.36 bits per heavy atom. The summed E-state index contributed by atoms with van der Waals surface area (Å²) in [6.07, 6.45) is 5.97. The molecule has 0 saturated heterocycles. The highest BCUT2D eigenvalue weighted by molar-refractivity contribution is 6.10. The van der Waals surface area contributed by atoms with Crippen molar-refractivity contribution in [3.63, 3.8) is 0 Å². The van der Waals surface area contributed by atoms with Gasteiger partial charge in [-0.15, -0.1) is 6.58 Å². The highest BCUT2D eigenvalue weighted by Crippen LogP contribution is 2.63. The number of Topliss-reactive ketones (excluding diaryl/α,β-unsaturated/α-hetero) is 1. The number of allylic oxidation sites excluding steroid dienone is 1. The summed E-state index contributed by atoms with van der Waals surface area (Å²) < 4.78 is 1.95. The van der Waals surface area contributed by atoms with Crippen LogP contribution in [0.3, 0.4) is 0 Å². The molecule has 1 aromatic heterocycles. The van der Waals surface area contributed by atoms with Crippen molar-refractivity contribution >= 4 is 17.4 Å². The van der Waals surface area contributed by atoms with Crippen molar-refractivity contribution in [2.75, 3.05) is 4.90 Å². The standard InChI is InChI=1S/C34H33N3O2/c1-4-25-19-34(27-17-11-12-18-29(27)37(33(34)39)20-24-13-7-5-8-14-24)31(26-15-9-6-10-16-26)30(25)32(38)28-21-36(22-35-28)23(2)3/h4-18,21-23,25,30-31H,1,19-20H2,2-3H3/t25-,30-,31+,34-/m1/s1. The van der Waals surface area contributed by atoms with E-state index in [0.29, 0.717) is 18.7 Å². The number of benzene rings is 3. The second kappa shape index (κ2) is 9.81. The molecule has 0 radical (unpaired) electrons. The van der Waals surface area contributed by atoms with E-state index in [1.807, 2.05) is 88.5 Å². The van der Waals surface area contributed by atoms with E-state index in [4.69, 9.17) is 0 Å². The van der Waals surface area contributed by atoms with Gasteiger partial charge in [0.05, 0.1) is 18.3 Å². The molecule has 4 atom stereocenters. The smallest absolute Gasteiger partial charge is 0.238 e. The van der Waals surface area contributed by atoms with E-state index in [-0.39, 0.29) is 29.6 Å². The molecule has 1 amide bonds. The van der Waals surface area contributed by atoms with Crippen LogP contribution in [-0.2, 0) is 16.8 Å². The van der Waals surface area contributed by atoms with E-state index in [9.17, 15) is 9.59 Å². The Balaban J connectivity index is 1.52. The molecule has 0 bridgehead atoms. The molecular weight excluding hydrogens is 482 g/mol. The normalized spacial score (nSPS) is 23.9. The summed E-state index contributed by atoms with van der Waals surface area (Å²) >= 11 is 0. The summed E-state index contributed by atoms with van der Waals surface area (Å²) in [5.41, 5.74) is 3.54.